The van der Waals surface area contributed by atoms with E-state index in [4.69, 9.17) is 9.47 Å². The van der Waals surface area contributed by atoms with E-state index in [1.165, 1.54) is 0 Å². The van der Waals surface area contributed by atoms with Gasteiger partial charge in [0, 0.05) is 51.4 Å². The second-order valence-electron chi connectivity index (χ2n) is 10.6. The number of amides is 1. The number of rotatable bonds is 10. The van der Waals surface area contributed by atoms with Crippen molar-refractivity contribution in [3.8, 4) is 11.5 Å². The van der Waals surface area contributed by atoms with Crippen molar-refractivity contribution in [1.82, 2.24) is 19.4 Å². The monoisotopic (exact) mass is 520 g/mol. The van der Waals surface area contributed by atoms with Crippen molar-refractivity contribution in [1.29, 1.82) is 0 Å². The average molecular weight is 521 g/mol. The van der Waals surface area contributed by atoms with E-state index in [2.05, 4.69) is 40.4 Å². The summed E-state index contributed by atoms with van der Waals surface area (Å²) in [6.45, 7) is 11.8. The summed E-state index contributed by atoms with van der Waals surface area (Å²) in [5.74, 6) is 2.92. The van der Waals surface area contributed by atoms with Gasteiger partial charge in [-0.3, -0.25) is 9.69 Å². The third kappa shape index (κ3) is 7.58. The zero-order chi connectivity index (χ0) is 27.1. The molecule has 2 heterocycles. The zero-order valence-corrected chi connectivity index (χ0v) is 23.0. The van der Waals surface area contributed by atoms with Crippen LogP contribution in [-0.4, -0.2) is 75.4 Å². The molecule has 1 saturated heterocycles. The van der Waals surface area contributed by atoms with Crippen molar-refractivity contribution < 1.29 is 19.4 Å². The highest BCUT2D eigenvalue weighted by molar-refractivity contribution is 5.73. The van der Waals surface area contributed by atoms with E-state index in [0.717, 1.165) is 29.2 Å². The van der Waals surface area contributed by atoms with E-state index < -0.39 is 5.60 Å². The van der Waals surface area contributed by atoms with Gasteiger partial charge >= 0.3 is 0 Å². The number of benzene rings is 2. The maximum Gasteiger partial charge on any atom is 0.219 e. The fourth-order valence-corrected chi connectivity index (χ4v) is 4.81. The third-order valence-corrected chi connectivity index (χ3v) is 6.86. The molecule has 2 aromatic carbocycles. The molecule has 1 atom stereocenters. The Kier molecular flexibility index (Phi) is 9.07. The van der Waals surface area contributed by atoms with Crippen molar-refractivity contribution in [3.63, 3.8) is 0 Å². The fourth-order valence-electron chi connectivity index (χ4n) is 4.81. The highest BCUT2D eigenvalue weighted by Gasteiger charge is 2.36. The molecule has 1 aliphatic heterocycles. The van der Waals surface area contributed by atoms with Gasteiger partial charge in [-0.2, -0.15) is 0 Å². The second kappa shape index (κ2) is 12.5. The lowest BCUT2D eigenvalue weighted by atomic mass is 10.0. The number of carbonyl (C=O) groups is 1. The third-order valence-electron chi connectivity index (χ3n) is 6.86. The minimum Gasteiger partial charge on any atom is -0.492 e. The summed E-state index contributed by atoms with van der Waals surface area (Å²) in [5.41, 5.74) is 1.08. The Hall–Kier alpha value is -3.36. The van der Waals surface area contributed by atoms with Gasteiger partial charge in [-0.15, -0.1) is 0 Å². The molecular formula is C30H40N4O4. The fraction of sp³-hybridized carbons (Fsp3) is 0.467. The number of hydrogen-bond donors (Lipinski definition) is 1. The molecule has 1 fully saturated rings. The Morgan fingerprint density at radius 1 is 1.03 bits per heavy atom. The molecule has 0 radical (unpaired) electrons. The molecule has 0 aliphatic carbocycles. The van der Waals surface area contributed by atoms with E-state index in [1.807, 2.05) is 55.7 Å². The maximum absolute atomic E-state index is 12.2. The van der Waals surface area contributed by atoms with E-state index in [0.29, 0.717) is 44.5 Å². The molecule has 1 N–H and O–H groups in total. The van der Waals surface area contributed by atoms with Crippen molar-refractivity contribution in [2.75, 3.05) is 39.4 Å². The molecule has 0 unspecified atom stereocenters. The maximum atomic E-state index is 12.2. The van der Waals surface area contributed by atoms with Gasteiger partial charge in [-0.25, -0.2) is 4.98 Å². The predicted octanol–water partition coefficient (Wildman–Crippen LogP) is 3.87. The Balaban J connectivity index is 1.34. The largest absolute Gasteiger partial charge is 0.492 e. The minimum atomic E-state index is -1.18. The predicted molar refractivity (Wildman–Crippen MR) is 147 cm³/mol. The molecule has 1 aromatic heterocycles. The molecule has 38 heavy (non-hydrogen) atoms. The van der Waals surface area contributed by atoms with Crippen LogP contribution < -0.4 is 9.47 Å². The van der Waals surface area contributed by atoms with Crippen LogP contribution in [0.4, 0.5) is 0 Å². The number of aryl methyl sites for hydroxylation is 1. The number of aliphatic hydroxyl groups is 1. The van der Waals surface area contributed by atoms with Crippen LogP contribution in [0.25, 0.3) is 0 Å². The Bertz CT molecular complexity index is 1180. The number of ether oxygens (including phenoxy) is 2. The zero-order valence-electron chi connectivity index (χ0n) is 23.0. The molecule has 0 bridgehead atoms. The molecule has 0 spiro atoms. The quantitative estimate of drug-likeness (QED) is 0.437. The molecule has 3 aromatic rings. The SMILES string of the molecule is CC(=O)N1CCN(Cc2ccc(OCCn3ccnc3C(C)C)cc2)C[C@@](O)(COc2ccc(C)cc2)C1. The van der Waals surface area contributed by atoms with Gasteiger partial charge in [0.15, 0.2) is 0 Å². The topological polar surface area (TPSA) is 80.1 Å². The van der Waals surface area contributed by atoms with Gasteiger partial charge in [0.25, 0.3) is 0 Å². The lowest BCUT2D eigenvalue weighted by Crippen LogP contribution is -2.51. The van der Waals surface area contributed by atoms with E-state index in [9.17, 15) is 9.90 Å². The number of β-amino-alcohol motifs (C(OH)–C–C–N with tert-alkyl or cyclic N) is 1. The minimum absolute atomic E-state index is 0.0432. The second-order valence-corrected chi connectivity index (χ2v) is 10.6. The Morgan fingerprint density at radius 2 is 1.71 bits per heavy atom. The van der Waals surface area contributed by atoms with Crippen LogP contribution in [0, 0.1) is 6.92 Å². The number of carbonyl (C=O) groups excluding carboxylic acids is 1. The van der Waals surface area contributed by atoms with Crippen molar-refractivity contribution in [3.05, 3.63) is 77.9 Å². The van der Waals surface area contributed by atoms with Crippen LogP contribution in [0.1, 0.15) is 43.6 Å². The summed E-state index contributed by atoms with van der Waals surface area (Å²) >= 11 is 0. The van der Waals surface area contributed by atoms with Crippen LogP contribution in [0.5, 0.6) is 11.5 Å². The number of hydrogen-bond acceptors (Lipinski definition) is 6. The first-order valence-electron chi connectivity index (χ1n) is 13.3. The van der Waals surface area contributed by atoms with Crippen molar-refractivity contribution in [2.24, 2.45) is 0 Å². The van der Waals surface area contributed by atoms with Gasteiger partial charge in [-0.1, -0.05) is 43.7 Å². The normalized spacial score (nSPS) is 18.4. The number of imidazole rings is 1. The van der Waals surface area contributed by atoms with E-state index >= 15 is 0 Å². The molecule has 1 aliphatic rings. The molecule has 1 amide bonds. The molecule has 4 rings (SSSR count). The molecule has 8 heteroatoms. The van der Waals surface area contributed by atoms with Gasteiger partial charge in [0.1, 0.15) is 36.1 Å². The van der Waals surface area contributed by atoms with Crippen LogP contribution in [0.3, 0.4) is 0 Å². The number of nitrogens with zero attached hydrogens (tertiary/aromatic N) is 4. The van der Waals surface area contributed by atoms with Crippen LogP contribution in [-0.2, 0) is 17.9 Å². The van der Waals surface area contributed by atoms with Gasteiger partial charge in [0.05, 0.1) is 13.1 Å². The van der Waals surface area contributed by atoms with Crippen molar-refractivity contribution >= 4 is 5.91 Å². The Morgan fingerprint density at radius 3 is 2.39 bits per heavy atom. The summed E-state index contributed by atoms with van der Waals surface area (Å²) in [6, 6.07) is 15.8. The Labute approximate surface area is 225 Å². The average Bonchev–Trinajstić information content (AvgIpc) is 3.29. The van der Waals surface area contributed by atoms with E-state index in [-0.39, 0.29) is 19.1 Å². The first-order valence-corrected chi connectivity index (χ1v) is 13.3. The van der Waals surface area contributed by atoms with Gasteiger partial charge < -0.3 is 24.0 Å². The van der Waals surface area contributed by atoms with Crippen LogP contribution in [0.15, 0.2) is 60.9 Å². The summed E-state index contributed by atoms with van der Waals surface area (Å²) < 4.78 is 14.1. The van der Waals surface area contributed by atoms with E-state index in [1.54, 1.807) is 11.8 Å². The summed E-state index contributed by atoms with van der Waals surface area (Å²) in [4.78, 5) is 20.5. The van der Waals surface area contributed by atoms with Gasteiger partial charge in [-0.05, 0) is 36.8 Å². The van der Waals surface area contributed by atoms with Crippen molar-refractivity contribution in [2.45, 2.75) is 52.3 Å². The summed E-state index contributed by atoms with van der Waals surface area (Å²) in [7, 11) is 0. The first kappa shape index (κ1) is 27.7. The molecule has 204 valence electrons. The first-order chi connectivity index (χ1) is 18.2. The van der Waals surface area contributed by atoms with Crippen LogP contribution in [0.2, 0.25) is 0 Å². The molecule has 0 saturated carbocycles. The lowest BCUT2D eigenvalue weighted by Gasteiger charge is -2.32. The van der Waals surface area contributed by atoms with Gasteiger partial charge in [0.2, 0.25) is 5.91 Å². The highest BCUT2D eigenvalue weighted by atomic mass is 16.5. The highest BCUT2D eigenvalue weighted by Crippen LogP contribution is 2.21. The summed E-state index contributed by atoms with van der Waals surface area (Å²) in [5, 5.41) is 11.5. The summed E-state index contributed by atoms with van der Waals surface area (Å²) in [6.07, 6.45) is 3.82. The number of aromatic nitrogens is 2. The molecule has 8 nitrogen and oxygen atoms in total. The standard InChI is InChI=1S/C30H40N4O4/c1-23(2)29-31-13-14-33(29)17-18-37-27-11-7-26(8-12-27)19-32-15-16-34(25(4)35)21-30(36,20-32)22-38-28-9-5-24(3)6-10-28/h5-14,23,36H,15-22H2,1-4H3/t30-/m0/s1. The smallest absolute Gasteiger partial charge is 0.219 e. The molecular weight excluding hydrogens is 480 g/mol. The van der Waals surface area contributed by atoms with Crippen LogP contribution >= 0.6 is 0 Å². The lowest BCUT2D eigenvalue weighted by molar-refractivity contribution is -0.132.